The van der Waals surface area contributed by atoms with Crippen LogP contribution in [0.5, 0.6) is 0 Å². The second-order valence-corrected chi connectivity index (χ2v) is 5.54. The molecule has 1 fully saturated rings. The first-order chi connectivity index (χ1) is 8.65. The Morgan fingerprint density at radius 2 is 2.33 bits per heavy atom. The van der Waals surface area contributed by atoms with Gasteiger partial charge in [0.2, 0.25) is 0 Å². The van der Waals surface area contributed by atoms with Crippen LogP contribution in [-0.2, 0) is 16.0 Å². The van der Waals surface area contributed by atoms with Crippen molar-refractivity contribution in [2.45, 2.75) is 38.2 Å². The Labute approximate surface area is 115 Å². The molecule has 0 saturated carbocycles. The number of halogens is 2. The van der Waals surface area contributed by atoms with Crippen molar-refractivity contribution >= 4 is 21.7 Å². The van der Waals surface area contributed by atoms with Crippen molar-refractivity contribution in [3.63, 3.8) is 0 Å². The van der Waals surface area contributed by atoms with Crippen LogP contribution in [0.4, 0.5) is 4.39 Å². The van der Waals surface area contributed by atoms with Crippen LogP contribution in [0.3, 0.4) is 0 Å². The highest BCUT2D eigenvalue weighted by Crippen LogP contribution is 2.19. The molecular weight excluding hydrogens is 299 g/mol. The van der Waals surface area contributed by atoms with Gasteiger partial charge in [0.25, 0.3) is 0 Å². The summed E-state index contributed by atoms with van der Waals surface area (Å²) in [5.74, 6) is -0.244. The van der Waals surface area contributed by atoms with Crippen LogP contribution in [-0.4, -0.2) is 18.5 Å². The molecule has 0 spiro atoms. The summed E-state index contributed by atoms with van der Waals surface area (Å²) in [5.41, 5.74) is 0.460. The summed E-state index contributed by atoms with van der Waals surface area (Å²) in [6, 6.07) is 4.68. The van der Waals surface area contributed by atoms with Crippen molar-refractivity contribution in [2.24, 2.45) is 0 Å². The summed E-state index contributed by atoms with van der Waals surface area (Å²) < 4.78 is 19.7. The molecule has 1 heterocycles. The first-order valence-electron chi connectivity index (χ1n) is 6.22. The zero-order valence-electron chi connectivity index (χ0n) is 10.1. The van der Waals surface area contributed by atoms with Crippen LogP contribution in [0.15, 0.2) is 22.7 Å². The molecule has 1 aromatic carbocycles. The predicted molar refractivity (Wildman–Crippen MR) is 71.0 cm³/mol. The summed E-state index contributed by atoms with van der Waals surface area (Å²) in [7, 11) is 0. The molecule has 1 aromatic rings. The van der Waals surface area contributed by atoms with Crippen molar-refractivity contribution in [1.29, 1.82) is 0 Å². The number of hydrogen-bond acceptors (Lipinski definition) is 2. The molecule has 2 nitrogen and oxygen atoms in total. The lowest BCUT2D eigenvalue weighted by Crippen LogP contribution is -2.10. The molecule has 2 rings (SSSR count). The number of carbonyl (C=O) groups is 1. The lowest BCUT2D eigenvalue weighted by molar-refractivity contribution is -0.119. The van der Waals surface area contributed by atoms with Gasteiger partial charge in [0, 0.05) is 23.9 Å². The van der Waals surface area contributed by atoms with Crippen molar-refractivity contribution in [1.82, 2.24) is 0 Å². The van der Waals surface area contributed by atoms with Gasteiger partial charge in [-0.05, 0) is 43.0 Å². The molecule has 98 valence electrons. The molecule has 18 heavy (non-hydrogen) atoms. The van der Waals surface area contributed by atoms with Crippen molar-refractivity contribution < 1.29 is 13.9 Å². The van der Waals surface area contributed by atoms with E-state index in [1.165, 1.54) is 6.07 Å². The van der Waals surface area contributed by atoms with Crippen LogP contribution in [0.1, 0.15) is 31.2 Å². The van der Waals surface area contributed by atoms with Gasteiger partial charge in [-0.25, -0.2) is 4.39 Å². The monoisotopic (exact) mass is 314 g/mol. The third kappa shape index (κ3) is 3.89. The molecule has 0 radical (unpaired) electrons. The van der Waals surface area contributed by atoms with Crippen LogP contribution in [0, 0.1) is 5.82 Å². The third-order valence-corrected chi connectivity index (χ3v) is 3.66. The summed E-state index contributed by atoms with van der Waals surface area (Å²) in [6.07, 6.45) is 3.74. The summed E-state index contributed by atoms with van der Waals surface area (Å²) in [4.78, 5) is 11.8. The van der Waals surface area contributed by atoms with Gasteiger partial charge in [-0.3, -0.25) is 4.79 Å². The Kier molecular flexibility index (Phi) is 4.89. The van der Waals surface area contributed by atoms with Gasteiger partial charge in [-0.1, -0.05) is 15.9 Å². The maximum Gasteiger partial charge on any atom is 0.137 e. The molecule has 1 saturated heterocycles. The lowest BCUT2D eigenvalue weighted by atomic mass is 10.0. The topological polar surface area (TPSA) is 26.3 Å². The Morgan fingerprint density at radius 1 is 1.50 bits per heavy atom. The zero-order valence-corrected chi connectivity index (χ0v) is 11.7. The normalized spacial score (nSPS) is 19.1. The van der Waals surface area contributed by atoms with E-state index in [4.69, 9.17) is 4.74 Å². The SMILES string of the molecule is O=C(CCC1CCCO1)Cc1cc(Br)ccc1F. The van der Waals surface area contributed by atoms with Gasteiger partial charge in [0.05, 0.1) is 6.10 Å². The van der Waals surface area contributed by atoms with Crippen LogP contribution < -0.4 is 0 Å². The van der Waals surface area contributed by atoms with E-state index in [9.17, 15) is 9.18 Å². The fourth-order valence-electron chi connectivity index (χ4n) is 2.17. The largest absolute Gasteiger partial charge is 0.378 e. The number of benzene rings is 1. The fourth-order valence-corrected chi connectivity index (χ4v) is 2.58. The van der Waals surface area contributed by atoms with Crippen LogP contribution in [0.2, 0.25) is 0 Å². The Morgan fingerprint density at radius 3 is 3.06 bits per heavy atom. The van der Waals surface area contributed by atoms with Crippen LogP contribution >= 0.6 is 15.9 Å². The molecule has 0 bridgehead atoms. The summed E-state index contributed by atoms with van der Waals surface area (Å²) in [5, 5.41) is 0. The highest BCUT2D eigenvalue weighted by Gasteiger charge is 2.17. The maximum atomic E-state index is 13.5. The van der Waals surface area contributed by atoms with Crippen molar-refractivity contribution in [3.05, 3.63) is 34.1 Å². The fraction of sp³-hybridized carbons (Fsp3) is 0.500. The average Bonchev–Trinajstić information content (AvgIpc) is 2.84. The Balaban J connectivity index is 1.84. The molecule has 0 aromatic heterocycles. The number of ether oxygens (including phenoxy) is 1. The average molecular weight is 315 g/mol. The van der Waals surface area contributed by atoms with Gasteiger partial charge in [0.1, 0.15) is 11.6 Å². The van der Waals surface area contributed by atoms with Gasteiger partial charge in [-0.2, -0.15) is 0 Å². The molecule has 1 unspecified atom stereocenters. The quantitative estimate of drug-likeness (QED) is 0.829. The molecule has 4 heteroatoms. The molecule has 0 aliphatic carbocycles. The second kappa shape index (κ2) is 6.43. The zero-order chi connectivity index (χ0) is 13.0. The summed E-state index contributed by atoms with van der Waals surface area (Å²) >= 11 is 3.28. The van der Waals surface area contributed by atoms with Crippen molar-refractivity contribution in [2.75, 3.05) is 6.61 Å². The molecule has 0 amide bonds. The lowest BCUT2D eigenvalue weighted by Gasteiger charge is -2.08. The highest BCUT2D eigenvalue weighted by atomic mass is 79.9. The number of carbonyl (C=O) groups excluding carboxylic acids is 1. The Bertz CT molecular complexity index is 428. The van der Waals surface area contributed by atoms with Gasteiger partial charge >= 0.3 is 0 Å². The van der Waals surface area contributed by atoms with Gasteiger partial charge in [0.15, 0.2) is 0 Å². The molecular formula is C14H16BrFO2. The first-order valence-corrected chi connectivity index (χ1v) is 7.01. The number of Topliss-reactive ketones (excluding diaryl/α,β-unsaturated/α-hetero) is 1. The van der Waals surface area contributed by atoms with Gasteiger partial charge < -0.3 is 4.74 Å². The Hall–Kier alpha value is -0.740. The smallest absolute Gasteiger partial charge is 0.137 e. The minimum Gasteiger partial charge on any atom is -0.378 e. The van der Waals surface area contributed by atoms with E-state index in [1.807, 2.05) is 0 Å². The van der Waals surface area contributed by atoms with E-state index < -0.39 is 0 Å². The van der Waals surface area contributed by atoms with E-state index in [2.05, 4.69) is 15.9 Å². The molecule has 1 atom stereocenters. The minimum atomic E-state index is -0.316. The highest BCUT2D eigenvalue weighted by molar-refractivity contribution is 9.10. The second-order valence-electron chi connectivity index (χ2n) is 4.62. The molecule has 1 aliphatic rings. The first kappa shape index (κ1) is 13.7. The standard InChI is InChI=1S/C14H16BrFO2/c15-11-3-6-14(16)10(8-11)9-12(17)4-5-13-2-1-7-18-13/h3,6,8,13H,1-2,4-5,7,9H2. The van der Waals surface area contributed by atoms with Gasteiger partial charge in [-0.15, -0.1) is 0 Å². The summed E-state index contributed by atoms with van der Waals surface area (Å²) in [6.45, 7) is 0.805. The number of ketones is 1. The predicted octanol–water partition coefficient (Wildman–Crippen LogP) is 3.66. The van der Waals surface area contributed by atoms with E-state index in [0.717, 1.165) is 30.3 Å². The van der Waals surface area contributed by atoms with E-state index in [0.29, 0.717) is 12.0 Å². The molecule has 0 N–H and O–H groups in total. The maximum absolute atomic E-state index is 13.5. The number of rotatable bonds is 5. The van der Waals surface area contributed by atoms with E-state index in [-0.39, 0.29) is 24.1 Å². The van der Waals surface area contributed by atoms with E-state index >= 15 is 0 Å². The van der Waals surface area contributed by atoms with Crippen molar-refractivity contribution in [3.8, 4) is 0 Å². The van der Waals surface area contributed by atoms with E-state index in [1.54, 1.807) is 12.1 Å². The third-order valence-electron chi connectivity index (χ3n) is 3.16. The minimum absolute atomic E-state index is 0.0718. The molecule has 1 aliphatic heterocycles. The number of hydrogen-bond donors (Lipinski definition) is 0. The van der Waals surface area contributed by atoms with Crippen LogP contribution in [0.25, 0.3) is 0 Å².